The van der Waals surface area contributed by atoms with Gasteiger partial charge in [-0.05, 0) is 31.5 Å². The molecule has 0 radical (unpaired) electrons. The van der Waals surface area contributed by atoms with Gasteiger partial charge < -0.3 is 14.4 Å². The first-order valence-corrected chi connectivity index (χ1v) is 8.74. The van der Waals surface area contributed by atoms with Gasteiger partial charge in [0.25, 0.3) is 0 Å². The molecule has 1 aromatic rings. The first-order valence-electron chi connectivity index (χ1n) is 8.74. The average molecular weight is 332 g/mol. The third-order valence-electron chi connectivity index (χ3n) is 5.06. The summed E-state index contributed by atoms with van der Waals surface area (Å²) in [6.45, 7) is 9.09. The Morgan fingerprint density at radius 3 is 2.62 bits per heavy atom. The lowest BCUT2D eigenvalue weighted by Crippen LogP contribution is -2.41. The lowest BCUT2D eigenvalue weighted by Gasteiger charge is -2.32. The summed E-state index contributed by atoms with van der Waals surface area (Å²) in [7, 11) is 1.68. The van der Waals surface area contributed by atoms with E-state index in [1.54, 1.807) is 7.11 Å². The fourth-order valence-corrected chi connectivity index (χ4v) is 3.81. The molecule has 0 aromatic heterocycles. The minimum atomic E-state index is -0.0652. The Morgan fingerprint density at radius 1 is 1.25 bits per heavy atom. The predicted octanol–water partition coefficient (Wildman–Crippen LogP) is 2.15. The van der Waals surface area contributed by atoms with Crippen molar-refractivity contribution in [1.29, 1.82) is 0 Å². The topological polar surface area (TPSA) is 42.0 Å². The highest BCUT2D eigenvalue weighted by molar-refractivity contribution is 5.79. The summed E-state index contributed by atoms with van der Waals surface area (Å²) in [6, 6.07) is 8.47. The molecular formula is C19H28N2O3. The lowest BCUT2D eigenvalue weighted by molar-refractivity contribution is -0.129. The number of ether oxygens (including phenoxy) is 2. The molecule has 1 spiro atoms. The van der Waals surface area contributed by atoms with Crippen molar-refractivity contribution in [3.63, 3.8) is 0 Å². The molecule has 2 fully saturated rings. The van der Waals surface area contributed by atoms with Crippen LogP contribution in [0.25, 0.3) is 0 Å². The third kappa shape index (κ3) is 3.73. The SMILES string of the molecule is COc1ccc(CN2CCOC[C@@]3(CC(=O)N(C(C)C)C3)C2)cc1. The van der Waals surface area contributed by atoms with Crippen LogP contribution in [-0.2, 0) is 16.1 Å². The van der Waals surface area contributed by atoms with Crippen molar-refractivity contribution in [3.05, 3.63) is 29.8 Å². The fraction of sp³-hybridized carbons (Fsp3) is 0.632. The number of benzene rings is 1. The van der Waals surface area contributed by atoms with Gasteiger partial charge in [0.2, 0.25) is 5.91 Å². The van der Waals surface area contributed by atoms with Gasteiger partial charge in [-0.2, -0.15) is 0 Å². The monoisotopic (exact) mass is 332 g/mol. The van der Waals surface area contributed by atoms with Crippen molar-refractivity contribution in [3.8, 4) is 5.75 Å². The lowest BCUT2D eigenvalue weighted by atomic mass is 9.87. The van der Waals surface area contributed by atoms with E-state index in [0.717, 1.165) is 38.5 Å². The van der Waals surface area contributed by atoms with E-state index >= 15 is 0 Å². The van der Waals surface area contributed by atoms with E-state index in [4.69, 9.17) is 9.47 Å². The number of carbonyl (C=O) groups excluding carboxylic acids is 1. The molecule has 0 saturated carbocycles. The number of likely N-dealkylation sites (tertiary alicyclic amines) is 1. The van der Waals surface area contributed by atoms with Crippen LogP contribution in [0.5, 0.6) is 5.75 Å². The summed E-state index contributed by atoms with van der Waals surface area (Å²) in [6.07, 6.45) is 0.601. The van der Waals surface area contributed by atoms with Crippen LogP contribution in [0.3, 0.4) is 0 Å². The van der Waals surface area contributed by atoms with Crippen LogP contribution >= 0.6 is 0 Å². The van der Waals surface area contributed by atoms with Gasteiger partial charge in [-0.1, -0.05) is 12.1 Å². The quantitative estimate of drug-likeness (QED) is 0.847. The van der Waals surface area contributed by atoms with Gasteiger partial charge in [-0.3, -0.25) is 9.69 Å². The standard InChI is InChI=1S/C19H28N2O3/c1-15(2)21-13-19(10-18(21)22)12-20(8-9-24-14-19)11-16-4-6-17(23-3)7-5-16/h4-7,15H,8-14H2,1-3H3/t19-/m0/s1. The molecule has 5 nitrogen and oxygen atoms in total. The van der Waals surface area contributed by atoms with Gasteiger partial charge in [0.15, 0.2) is 0 Å². The molecule has 2 saturated heterocycles. The second-order valence-electron chi connectivity index (χ2n) is 7.40. The van der Waals surface area contributed by atoms with E-state index in [0.29, 0.717) is 13.0 Å². The number of methoxy groups -OCH3 is 1. The molecular weight excluding hydrogens is 304 g/mol. The first kappa shape index (κ1) is 17.2. The van der Waals surface area contributed by atoms with Crippen LogP contribution in [0.2, 0.25) is 0 Å². The second kappa shape index (κ2) is 7.11. The number of amides is 1. The van der Waals surface area contributed by atoms with Crippen molar-refractivity contribution in [1.82, 2.24) is 9.80 Å². The van der Waals surface area contributed by atoms with Crippen LogP contribution in [0.15, 0.2) is 24.3 Å². The molecule has 0 aliphatic carbocycles. The molecule has 0 N–H and O–H groups in total. The van der Waals surface area contributed by atoms with Crippen LogP contribution in [0.1, 0.15) is 25.8 Å². The third-order valence-corrected chi connectivity index (χ3v) is 5.06. The van der Waals surface area contributed by atoms with Crippen molar-refractivity contribution in [2.75, 3.05) is 40.0 Å². The van der Waals surface area contributed by atoms with Crippen LogP contribution < -0.4 is 4.74 Å². The number of hydrogen-bond donors (Lipinski definition) is 0. The van der Waals surface area contributed by atoms with Crippen LogP contribution in [0.4, 0.5) is 0 Å². The summed E-state index contributed by atoms with van der Waals surface area (Å²) >= 11 is 0. The number of hydrogen-bond acceptors (Lipinski definition) is 4. The summed E-state index contributed by atoms with van der Waals surface area (Å²) in [5.74, 6) is 1.14. The highest BCUT2D eigenvalue weighted by Gasteiger charge is 2.46. The summed E-state index contributed by atoms with van der Waals surface area (Å²) in [5, 5.41) is 0. The maximum atomic E-state index is 12.4. The van der Waals surface area contributed by atoms with Crippen LogP contribution in [-0.4, -0.2) is 61.7 Å². The Balaban J connectivity index is 1.69. The zero-order chi connectivity index (χ0) is 17.2. The van der Waals surface area contributed by atoms with Gasteiger partial charge in [0, 0.05) is 44.1 Å². The van der Waals surface area contributed by atoms with E-state index in [1.807, 2.05) is 17.0 Å². The predicted molar refractivity (Wildman–Crippen MR) is 93.0 cm³/mol. The fourth-order valence-electron chi connectivity index (χ4n) is 3.81. The molecule has 1 aromatic carbocycles. The van der Waals surface area contributed by atoms with Gasteiger partial charge in [0.05, 0.1) is 20.3 Å². The maximum absolute atomic E-state index is 12.4. The van der Waals surface area contributed by atoms with Gasteiger partial charge >= 0.3 is 0 Å². The molecule has 5 heteroatoms. The number of carbonyl (C=O) groups is 1. The van der Waals surface area contributed by atoms with E-state index in [9.17, 15) is 4.79 Å². The summed E-state index contributed by atoms with van der Waals surface area (Å²) < 4.78 is 11.1. The molecule has 2 aliphatic rings. The highest BCUT2D eigenvalue weighted by Crippen LogP contribution is 2.35. The van der Waals surface area contributed by atoms with Crippen molar-refractivity contribution < 1.29 is 14.3 Å². The van der Waals surface area contributed by atoms with Gasteiger partial charge in [-0.25, -0.2) is 0 Å². The van der Waals surface area contributed by atoms with Crippen molar-refractivity contribution >= 4 is 5.91 Å². The average Bonchev–Trinajstić information content (AvgIpc) is 2.76. The molecule has 0 bridgehead atoms. The Hall–Kier alpha value is -1.59. The minimum absolute atomic E-state index is 0.0652. The van der Waals surface area contributed by atoms with E-state index < -0.39 is 0 Å². The Morgan fingerprint density at radius 2 is 2.00 bits per heavy atom. The van der Waals surface area contributed by atoms with E-state index in [-0.39, 0.29) is 17.4 Å². The normalized spacial score (nSPS) is 25.5. The Labute approximate surface area is 144 Å². The van der Waals surface area contributed by atoms with Gasteiger partial charge in [-0.15, -0.1) is 0 Å². The molecule has 1 atom stereocenters. The van der Waals surface area contributed by atoms with Crippen molar-refractivity contribution in [2.45, 2.75) is 32.9 Å². The molecule has 2 aliphatic heterocycles. The minimum Gasteiger partial charge on any atom is -0.497 e. The zero-order valence-corrected chi connectivity index (χ0v) is 15.0. The van der Waals surface area contributed by atoms with Crippen LogP contribution in [0, 0.1) is 5.41 Å². The largest absolute Gasteiger partial charge is 0.497 e. The zero-order valence-electron chi connectivity index (χ0n) is 15.0. The number of nitrogens with zero attached hydrogens (tertiary/aromatic N) is 2. The molecule has 3 rings (SSSR count). The number of rotatable bonds is 4. The van der Waals surface area contributed by atoms with E-state index in [2.05, 4.69) is 30.9 Å². The molecule has 1 amide bonds. The molecule has 0 unspecified atom stereocenters. The van der Waals surface area contributed by atoms with Crippen molar-refractivity contribution in [2.24, 2.45) is 5.41 Å². The molecule has 2 heterocycles. The smallest absolute Gasteiger partial charge is 0.223 e. The summed E-state index contributed by atoms with van der Waals surface area (Å²) in [4.78, 5) is 16.8. The second-order valence-corrected chi connectivity index (χ2v) is 7.40. The highest BCUT2D eigenvalue weighted by atomic mass is 16.5. The Bertz CT molecular complexity index is 572. The van der Waals surface area contributed by atoms with Gasteiger partial charge in [0.1, 0.15) is 5.75 Å². The molecule has 24 heavy (non-hydrogen) atoms. The maximum Gasteiger partial charge on any atom is 0.223 e. The summed E-state index contributed by atoms with van der Waals surface area (Å²) in [5.41, 5.74) is 1.20. The van der Waals surface area contributed by atoms with E-state index in [1.165, 1.54) is 5.56 Å². The Kier molecular flexibility index (Phi) is 5.11. The first-order chi connectivity index (χ1) is 11.5. The molecule has 132 valence electrons.